The van der Waals surface area contributed by atoms with Crippen LogP contribution in [0.25, 0.3) is 11.0 Å². The van der Waals surface area contributed by atoms with Gasteiger partial charge in [-0.1, -0.05) is 29.8 Å². The zero-order valence-electron chi connectivity index (χ0n) is 16.2. The highest BCUT2D eigenvalue weighted by atomic mass is 35.5. The predicted molar refractivity (Wildman–Crippen MR) is 119 cm³/mol. The fraction of sp³-hybridized carbons (Fsp3) is 0.0952. The molecule has 0 radical (unpaired) electrons. The van der Waals surface area contributed by atoms with Crippen molar-refractivity contribution in [3.63, 3.8) is 0 Å². The molecule has 2 aromatic carbocycles. The molecule has 0 amide bonds. The summed E-state index contributed by atoms with van der Waals surface area (Å²) in [5.41, 5.74) is 3.47. The van der Waals surface area contributed by atoms with Crippen molar-refractivity contribution < 1.29 is 8.42 Å². The van der Waals surface area contributed by atoms with Gasteiger partial charge in [-0.3, -0.25) is 9.71 Å². The van der Waals surface area contributed by atoms with Gasteiger partial charge in [-0.15, -0.1) is 0 Å². The van der Waals surface area contributed by atoms with E-state index in [0.717, 1.165) is 11.3 Å². The molecular weight excluding hydrogens is 422 g/mol. The number of para-hydroxylation sites is 2. The molecule has 2 heterocycles. The van der Waals surface area contributed by atoms with Crippen molar-refractivity contribution in [2.75, 3.05) is 10.0 Å². The summed E-state index contributed by atoms with van der Waals surface area (Å²) < 4.78 is 28.3. The second-order valence-electron chi connectivity index (χ2n) is 6.76. The summed E-state index contributed by atoms with van der Waals surface area (Å²) in [6, 6.07) is 15.8. The molecular formula is C21H18ClN5O2S. The lowest BCUT2D eigenvalue weighted by atomic mass is 10.2. The number of anilines is 3. The van der Waals surface area contributed by atoms with Crippen LogP contribution in [0.15, 0.2) is 65.7 Å². The second kappa shape index (κ2) is 7.89. The fourth-order valence-electron chi connectivity index (χ4n) is 2.82. The van der Waals surface area contributed by atoms with Crippen LogP contribution in [0.3, 0.4) is 0 Å². The largest absolute Gasteiger partial charge is 0.336 e. The van der Waals surface area contributed by atoms with Crippen LogP contribution in [0, 0.1) is 13.8 Å². The lowest BCUT2D eigenvalue weighted by Gasteiger charge is -2.15. The van der Waals surface area contributed by atoms with Crippen molar-refractivity contribution in [2.45, 2.75) is 18.7 Å². The van der Waals surface area contributed by atoms with Gasteiger partial charge in [-0.25, -0.2) is 18.4 Å². The van der Waals surface area contributed by atoms with Crippen LogP contribution in [0.5, 0.6) is 0 Å². The number of nitrogens with zero attached hydrogens (tertiary/aromatic N) is 3. The van der Waals surface area contributed by atoms with E-state index in [1.54, 1.807) is 31.2 Å². The first-order valence-corrected chi connectivity index (χ1v) is 10.9. The Balaban J connectivity index is 1.80. The number of benzene rings is 2. The Kier molecular flexibility index (Phi) is 5.27. The van der Waals surface area contributed by atoms with Crippen LogP contribution in [0.2, 0.25) is 5.02 Å². The summed E-state index contributed by atoms with van der Waals surface area (Å²) in [5, 5.41) is 3.59. The first-order valence-electron chi connectivity index (χ1n) is 9.07. The summed E-state index contributed by atoms with van der Waals surface area (Å²) in [6.07, 6.45) is 1.30. The van der Waals surface area contributed by atoms with Gasteiger partial charge >= 0.3 is 0 Å². The minimum Gasteiger partial charge on any atom is -0.336 e. The van der Waals surface area contributed by atoms with Gasteiger partial charge in [0.2, 0.25) is 0 Å². The van der Waals surface area contributed by atoms with Gasteiger partial charge in [-0.05, 0) is 55.8 Å². The molecule has 9 heteroatoms. The number of hydrogen-bond acceptors (Lipinski definition) is 6. The normalized spacial score (nSPS) is 11.4. The van der Waals surface area contributed by atoms with E-state index < -0.39 is 10.0 Å². The van der Waals surface area contributed by atoms with Gasteiger partial charge in [0.05, 0.1) is 21.7 Å². The van der Waals surface area contributed by atoms with Crippen molar-refractivity contribution in [1.29, 1.82) is 0 Å². The molecule has 2 N–H and O–H groups in total. The average molecular weight is 440 g/mol. The van der Waals surface area contributed by atoms with Crippen molar-refractivity contribution in [3.05, 3.63) is 77.1 Å². The van der Waals surface area contributed by atoms with Crippen molar-refractivity contribution in [2.24, 2.45) is 0 Å². The van der Waals surface area contributed by atoms with Crippen LogP contribution < -0.4 is 10.0 Å². The molecule has 0 atom stereocenters. The minimum atomic E-state index is -3.92. The van der Waals surface area contributed by atoms with E-state index in [2.05, 4.69) is 25.0 Å². The summed E-state index contributed by atoms with van der Waals surface area (Å²) >= 11 is 6.30. The molecule has 0 aliphatic heterocycles. The lowest BCUT2D eigenvalue weighted by molar-refractivity contribution is 0.600. The number of aryl methyl sites for hydroxylation is 2. The third-order valence-corrected chi connectivity index (χ3v) is 6.02. The van der Waals surface area contributed by atoms with E-state index in [1.165, 1.54) is 12.3 Å². The number of sulfonamides is 1. The van der Waals surface area contributed by atoms with E-state index in [0.29, 0.717) is 21.7 Å². The Labute approximate surface area is 179 Å². The van der Waals surface area contributed by atoms with Crippen LogP contribution in [0.1, 0.15) is 11.3 Å². The Bertz CT molecular complexity index is 1340. The lowest BCUT2D eigenvalue weighted by Crippen LogP contribution is -2.16. The van der Waals surface area contributed by atoms with Crippen molar-refractivity contribution in [1.82, 2.24) is 15.0 Å². The zero-order chi connectivity index (χ0) is 21.3. The molecule has 0 fully saturated rings. The van der Waals surface area contributed by atoms with Crippen molar-refractivity contribution >= 4 is 50.0 Å². The van der Waals surface area contributed by atoms with Crippen LogP contribution in [0.4, 0.5) is 17.3 Å². The van der Waals surface area contributed by atoms with E-state index in [4.69, 9.17) is 11.6 Å². The maximum atomic E-state index is 12.9. The second-order valence-corrected chi connectivity index (χ2v) is 8.85. The van der Waals surface area contributed by atoms with Crippen LogP contribution in [-0.4, -0.2) is 23.4 Å². The Hall–Kier alpha value is -3.23. The molecule has 0 spiro atoms. The third kappa shape index (κ3) is 4.19. The van der Waals surface area contributed by atoms with Gasteiger partial charge in [0.15, 0.2) is 11.6 Å². The molecule has 0 aliphatic carbocycles. The number of rotatable bonds is 5. The van der Waals surface area contributed by atoms with Crippen LogP contribution >= 0.6 is 11.6 Å². The van der Waals surface area contributed by atoms with Crippen LogP contribution in [-0.2, 0) is 10.0 Å². The summed E-state index contributed by atoms with van der Waals surface area (Å²) in [4.78, 5) is 13.1. The fourth-order valence-corrected chi connectivity index (χ4v) is 3.94. The maximum absolute atomic E-state index is 12.9. The molecule has 0 unspecified atom stereocenters. The summed E-state index contributed by atoms with van der Waals surface area (Å²) in [5.74, 6) is 0.302. The zero-order valence-corrected chi connectivity index (χ0v) is 17.8. The highest BCUT2D eigenvalue weighted by Crippen LogP contribution is 2.30. The Morgan fingerprint density at radius 2 is 1.60 bits per heavy atom. The number of halogens is 1. The summed E-state index contributed by atoms with van der Waals surface area (Å²) in [6.45, 7) is 3.72. The molecule has 0 saturated carbocycles. The first kappa shape index (κ1) is 20.1. The standard InChI is InChI=1S/C21H18ClN5O2S/c1-13-7-10-16(22)19(11-13)26-20-21(25-18-6-4-3-5-17(18)24-20)27-30(28,29)15-9-8-14(2)23-12-15/h3-12H,1-2H3,(H,24,26)(H,25,27). The van der Waals surface area contributed by atoms with E-state index in [1.807, 2.05) is 31.2 Å². The number of aromatic nitrogens is 3. The summed E-state index contributed by atoms with van der Waals surface area (Å²) in [7, 11) is -3.92. The number of pyridine rings is 1. The van der Waals surface area contributed by atoms with Gasteiger partial charge in [0, 0.05) is 11.9 Å². The third-order valence-electron chi connectivity index (χ3n) is 4.37. The minimum absolute atomic E-state index is 0.0302. The van der Waals surface area contributed by atoms with E-state index >= 15 is 0 Å². The first-order chi connectivity index (χ1) is 14.3. The van der Waals surface area contributed by atoms with Gasteiger partial charge in [0.25, 0.3) is 10.0 Å². The van der Waals surface area contributed by atoms with Crippen molar-refractivity contribution in [3.8, 4) is 0 Å². The van der Waals surface area contributed by atoms with E-state index in [9.17, 15) is 8.42 Å². The van der Waals surface area contributed by atoms with Gasteiger partial charge in [-0.2, -0.15) is 0 Å². The number of hydrogen-bond donors (Lipinski definition) is 2. The number of nitrogens with one attached hydrogen (secondary N) is 2. The highest BCUT2D eigenvalue weighted by Gasteiger charge is 2.20. The highest BCUT2D eigenvalue weighted by molar-refractivity contribution is 7.92. The average Bonchev–Trinajstić information content (AvgIpc) is 2.71. The van der Waals surface area contributed by atoms with Gasteiger partial charge in [0.1, 0.15) is 4.90 Å². The Morgan fingerprint density at radius 3 is 2.27 bits per heavy atom. The monoisotopic (exact) mass is 439 g/mol. The molecule has 4 aromatic rings. The topological polar surface area (TPSA) is 96.9 Å². The number of fused-ring (bicyclic) bond motifs is 1. The molecule has 30 heavy (non-hydrogen) atoms. The molecule has 2 aromatic heterocycles. The molecule has 0 bridgehead atoms. The predicted octanol–water partition coefficient (Wildman–Crippen LogP) is 4.84. The molecule has 7 nitrogen and oxygen atoms in total. The molecule has 4 rings (SSSR count). The maximum Gasteiger partial charge on any atom is 0.264 e. The quantitative estimate of drug-likeness (QED) is 0.461. The SMILES string of the molecule is Cc1ccc(Cl)c(Nc2nc3ccccc3nc2NS(=O)(=O)c2ccc(C)nc2)c1. The molecule has 152 valence electrons. The Morgan fingerprint density at radius 1 is 0.900 bits per heavy atom. The smallest absolute Gasteiger partial charge is 0.264 e. The van der Waals surface area contributed by atoms with E-state index in [-0.39, 0.29) is 16.5 Å². The molecule has 0 saturated heterocycles. The van der Waals surface area contributed by atoms with Gasteiger partial charge < -0.3 is 5.32 Å². The molecule has 0 aliphatic rings.